The molecule has 1 aromatic heterocycles. The Labute approximate surface area is 322 Å². The zero-order valence-electron chi connectivity index (χ0n) is 32.8. The number of esters is 1. The fourth-order valence-electron chi connectivity index (χ4n) is 7.12. The minimum Gasteiger partial charge on any atom is -0.465 e. The summed E-state index contributed by atoms with van der Waals surface area (Å²) in [7, 11) is 1.29. The lowest BCUT2D eigenvalue weighted by Gasteiger charge is -2.29. The number of aromatic nitrogens is 2. The number of rotatable bonds is 13. The van der Waals surface area contributed by atoms with Crippen LogP contribution >= 0.6 is 0 Å². The second-order valence-electron chi connectivity index (χ2n) is 15.9. The van der Waals surface area contributed by atoms with Crippen molar-refractivity contribution in [2.45, 2.75) is 91.7 Å². The predicted octanol–water partition coefficient (Wildman–Crippen LogP) is 7.55. The van der Waals surface area contributed by atoms with Gasteiger partial charge in [-0.05, 0) is 126 Å². The number of ketones is 1. The Hall–Kier alpha value is -5.52. The Kier molecular flexibility index (Phi) is 13.1. The van der Waals surface area contributed by atoms with Crippen LogP contribution in [0.1, 0.15) is 98.6 Å². The Morgan fingerprint density at radius 2 is 1.65 bits per heavy atom. The second-order valence-corrected chi connectivity index (χ2v) is 15.9. The molecule has 0 saturated heterocycles. The van der Waals surface area contributed by atoms with Gasteiger partial charge >= 0.3 is 12.1 Å². The number of ether oxygens (including phenoxy) is 2. The van der Waals surface area contributed by atoms with Crippen LogP contribution in [0.3, 0.4) is 0 Å². The number of amides is 3. The van der Waals surface area contributed by atoms with E-state index in [4.69, 9.17) is 9.47 Å². The Balaban J connectivity index is 1.31. The highest BCUT2D eigenvalue weighted by Gasteiger charge is 2.31. The van der Waals surface area contributed by atoms with Crippen molar-refractivity contribution < 1.29 is 33.4 Å². The van der Waals surface area contributed by atoms with Crippen LogP contribution in [0, 0.1) is 24.7 Å². The molecular weight excluding hydrogens is 699 g/mol. The summed E-state index contributed by atoms with van der Waals surface area (Å²) in [6.45, 7) is 11.8. The SMILES string of the molecule is COC(=O)c1cc(NC(=O)[C@@H](CC(=O)C2CCC(CNC(=O)OC(C)(C)C)CC2)Cc2ccc(-c3ccc(C(=O)NC(C)C)cc3C)cc2)cc2[nH]ncc12. The third-order valence-electron chi connectivity index (χ3n) is 9.94. The molecule has 55 heavy (non-hydrogen) atoms. The monoisotopic (exact) mass is 751 g/mol. The van der Waals surface area contributed by atoms with Crippen LogP contribution in [0.25, 0.3) is 22.0 Å². The molecule has 12 nitrogen and oxygen atoms in total. The Morgan fingerprint density at radius 1 is 0.945 bits per heavy atom. The number of carbonyl (C=O) groups excluding carboxylic acids is 5. The molecule has 1 aliphatic rings. The summed E-state index contributed by atoms with van der Waals surface area (Å²) in [5.41, 5.74) is 5.03. The van der Waals surface area contributed by atoms with E-state index in [9.17, 15) is 24.0 Å². The molecule has 1 aliphatic carbocycles. The molecule has 5 rings (SSSR count). The topological polar surface area (TPSA) is 169 Å². The van der Waals surface area contributed by atoms with Gasteiger partial charge in [0.1, 0.15) is 11.4 Å². The van der Waals surface area contributed by atoms with Crippen LogP contribution in [0.4, 0.5) is 10.5 Å². The van der Waals surface area contributed by atoms with Gasteiger partial charge in [-0.3, -0.25) is 19.5 Å². The zero-order valence-corrected chi connectivity index (χ0v) is 32.8. The zero-order chi connectivity index (χ0) is 39.9. The molecule has 0 radical (unpaired) electrons. The van der Waals surface area contributed by atoms with E-state index in [1.807, 2.05) is 84.0 Å². The van der Waals surface area contributed by atoms with Gasteiger partial charge in [0.05, 0.1) is 24.4 Å². The minimum absolute atomic E-state index is 0.0341. The highest BCUT2D eigenvalue weighted by atomic mass is 16.6. The molecule has 0 aliphatic heterocycles. The van der Waals surface area contributed by atoms with Gasteiger partial charge in [-0.1, -0.05) is 30.3 Å². The van der Waals surface area contributed by atoms with Gasteiger partial charge in [0.2, 0.25) is 5.91 Å². The quantitative estimate of drug-likeness (QED) is 0.102. The minimum atomic E-state index is -0.690. The number of nitrogens with zero attached hydrogens (tertiary/aromatic N) is 1. The maximum Gasteiger partial charge on any atom is 0.407 e. The van der Waals surface area contributed by atoms with E-state index in [-0.39, 0.29) is 47.5 Å². The molecule has 1 atom stereocenters. The number of aromatic amines is 1. The summed E-state index contributed by atoms with van der Waals surface area (Å²) < 4.78 is 10.3. The summed E-state index contributed by atoms with van der Waals surface area (Å²) in [5, 5.41) is 16.2. The summed E-state index contributed by atoms with van der Waals surface area (Å²) in [4.78, 5) is 65.2. The first-order valence-corrected chi connectivity index (χ1v) is 19.0. The van der Waals surface area contributed by atoms with Gasteiger partial charge in [0.15, 0.2) is 0 Å². The molecule has 4 N–H and O–H groups in total. The molecule has 0 spiro atoms. The van der Waals surface area contributed by atoms with Crippen molar-refractivity contribution in [3.63, 3.8) is 0 Å². The molecule has 0 bridgehead atoms. The van der Waals surface area contributed by atoms with Gasteiger partial charge in [-0.2, -0.15) is 5.10 Å². The molecule has 3 aromatic carbocycles. The van der Waals surface area contributed by atoms with Crippen molar-refractivity contribution in [2.75, 3.05) is 19.0 Å². The van der Waals surface area contributed by atoms with Crippen LogP contribution in [0.15, 0.2) is 60.8 Å². The summed E-state index contributed by atoms with van der Waals surface area (Å²) >= 11 is 0. The number of hydrogen-bond acceptors (Lipinski definition) is 8. The number of aryl methyl sites for hydroxylation is 1. The number of anilines is 1. The number of alkyl carbamates (subject to hydrolysis) is 1. The number of Topliss-reactive ketones (excluding diaryl/α,β-unsaturated/α-hetero) is 1. The van der Waals surface area contributed by atoms with Crippen molar-refractivity contribution in [1.82, 2.24) is 20.8 Å². The average molecular weight is 752 g/mol. The van der Waals surface area contributed by atoms with E-state index in [2.05, 4.69) is 26.1 Å². The molecule has 1 heterocycles. The standard InChI is InChI=1S/C43H53N5O7/c1-25(2)46-39(50)31-16-17-34(26(3)18-31)29-12-8-27(9-13-29)19-32(40(51)47-33-21-35(41(52)54-7)36-24-45-48-37(36)22-33)20-38(49)30-14-10-28(11-15-30)23-44-42(53)55-43(4,5)6/h8-9,12-13,16-18,21-22,24-25,28,30,32H,10-11,14-15,19-20,23H2,1-7H3,(H,44,53)(H,45,48)(H,46,50)(H,47,51)/t28?,30?,32-/m1/s1. The third-order valence-corrected chi connectivity index (χ3v) is 9.94. The fourth-order valence-corrected chi connectivity index (χ4v) is 7.12. The molecule has 0 unspecified atom stereocenters. The summed E-state index contributed by atoms with van der Waals surface area (Å²) in [5.74, 6) is -1.61. The number of hydrogen-bond donors (Lipinski definition) is 4. The summed E-state index contributed by atoms with van der Waals surface area (Å²) in [6, 6.07) is 16.8. The van der Waals surface area contributed by atoms with E-state index in [0.29, 0.717) is 48.0 Å². The smallest absolute Gasteiger partial charge is 0.407 e. The highest BCUT2D eigenvalue weighted by molar-refractivity contribution is 6.06. The third kappa shape index (κ3) is 11.0. The van der Waals surface area contributed by atoms with Gasteiger partial charge in [0, 0.05) is 47.5 Å². The van der Waals surface area contributed by atoms with Crippen LogP contribution in [0.5, 0.6) is 0 Å². The van der Waals surface area contributed by atoms with Gasteiger partial charge in [0.25, 0.3) is 5.91 Å². The molecule has 1 saturated carbocycles. The first-order chi connectivity index (χ1) is 26.1. The second kappa shape index (κ2) is 17.7. The fraction of sp³-hybridized carbons (Fsp3) is 0.442. The lowest BCUT2D eigenvalue weighted by Crippen LogP contribution is -2.37. The summed E-state index contributed by atoms with van der Waals surface area (Å²) in [6.07, 6.45) is 4.38. The van der Waals surface area contributed by atoms with E-state index < -0.39 is 23.6 Å². The van der Waals surface area contributed by atoms with E-state index in [1.54, 1.807) is 12.1 Å². The van der Waals surface area contributed by atoms with Crippen LogP contribution in [0.2, 0.25) is 0 Å². The maximum absolute atomic E-state index is 14.1. The van der Waals surface area contributed by atoms with Crippen molar-refractivity contribution >= 4 is 46.3 Å². The highest BCUT2D eigenvalue weighted by Crippen LogP contribution is 2.32. The number of H-pyrrole nitrogens is 1. The van der Waals surface area contributed by atoms with Crippen LogP contribution in [-0.2, 0) is 25.5 Å². The maximum atomic E-state index is 14.1. The first kappa shape index (κ1) is 40.7. The lowest BCUT2D eigenvalue weighted by atomic mass is 9.77. The predicted molar refractivity (Wildman–Crippen MR) is 212 cm³/mol. The molecule has 4 aromatic rings. The number of nitrogens with one attached hydrogen (secondary N) is 4. The van der Waals surface area contributed by atoms with Crippen molar-refractivity contribution in [3.05, 3.63) is 83.0 Å². The average Bonchev–Trinajstić information content (AvgIpc) is 3.61. The number of carbonyl (C=O) groups is 5. The van der Waals surface area contributed by atoms with Crippen LogP contribution in [-0.4, -0.2) is 65.2 Å². The van der Waals surface area contributed by atoms with E-state index in [0.717, 1.165) is 35.1 Å². The number of methoxy groups -OCH3 is 1. The molecule has 3 amide bonds. The lowest BCUT2D eigenvalue weighted by molar-refractivity contribution is -0.129. The Bertz CT molecular complexity index is 2020. The molecule has 1 fully saturated rings. The van der Waals surface area contributed by atoms with Gasteiger partial charge in [-0.25, -0.2) is 9.59 Å². The normalized spacial score (nSPS) is 16.3. The Morgan fingerprint density at radius 3 is 2.29 bits per heavy atom. The first-order valence-electron chi connectivity index (χ1n) is 19.0. The van der Waals surface area contributed by atoms with E-state index >= 15 is 0 Å². The number of benzene rings is 3. The van der Waals surface area contributed by atoms with E-state index in [1.165, 1.54) is 13.3 Å². The molecule has 12 heteroatoms. The van der Waals surface area contributed by atoms with Gasteiger partial charge < -0.3 is 25.4 Å². The van der Waals surface area contributed by atoms with Gasteiger partial charge in [-0.15, -0.1) is 0 Å². The number of fused-ring (bicyclic) bond motifs is 1. The van der Waals surface area contributed by atoms with Crippen molar-refractivity contribution in [2.24, 2.45) is 17.8 Å². The van der Waals surface area contributed by atoms with Crippen molar-refractivity contribution in [3.8, 4) is 11.1 Å². The van der Waals surface area contributed by atoms with Crippen molar-refractivity contribution in [1.29, 1.82) is 0 Å². The van der Waals surface area contributed by atoms with Crippen LogP contribution < -0.4 is 16.0 Å². The largest absolute Gasteiger partial charge is 0.465 e. The molecular formula is C43H53N5O7. The molecule has 292 valence electrons.